The second-order valence-electron chi connectivity index (χ2n) is 7.64. The standard InChI is InChI=1S/C23H24ClN5O2/c1-26(2)19-7-3-17(4-8-19)23(31)28-15-13-27(14-16-28)21-11-12-22(30)29(25-21)20-9-5-18(24)6-10-20/h3-12H,13-16H2,1-2H3. The van der Waals surface area contributed by atoms with Gasteiger partial charge in [0, 0.05) is 62.6 Å². The molecule has 3 aromatic rings. The zero-order valence-electron chi connectivity index (χ0n) is 17.5. The van der Waals surface area contributed by atoms with Gasteiger partial charge in [-0.15, -0.1) is 5.10 Å². The minimum absolute atomic E-state index is 0.0315. The molecule has 0 N–H and O–H groups in total. The number of carbonyl (C=O) groups excluding carboxylic acids is 1. The van der Waals surface area contributed by atoms with Gasteiger partial charge in [-0.05, 0) is 54.6 Å². The van der Waals surface area contributed by atoms with Crippen LogP contribution in [-0.2, 0) is 0 Å². The number of rotatable bonds is 4. The van der Waals surface area contributed by atoms with Crippen LogP contribution in [0.25, 0.3) is 5.69 Å². The van der Waals surface area contributed by atoms with Crippen LogP contribution >= 0.6 is 11.6 Å². The Morgan fingerprint density at radius 3 is 2.16 bits per heavy atom. The molecule has 1 saturated heterocycles. The number of nitrogens with zero attached hydrogens (tertiary/aromatic N) is 5. The highest BCUT2D eigenvalue weighted by atomic mass is 35.5. The van der Waals surface area contributed by atoms with Crippen molar-refractivity contribution in [2.45, 2.75) is 0 Å². The first kappa shape index (κ1) is 20.9. The van der Waals surface area contributed by atoms with Crippen molar-refractivity contribution < 1.29 is 4.79 Å². The number of aromatic nitrogens is 2. The Hall–Kier alpha value is -3.32. The van der Waals surface area contributed by atoms with Crippen molar-refractivity contribution in [3.8, 4) is 5.69 Å². The molecule has 0 spiro atoms. The molecule has 0 unspecified atom stereocenters. The number of piperazine rings is 1. The van der Waals surface area contributed by atoms with Crippen LogP contribution in [0.2, 0.25) is 5.02 Å². The maximum Gasteiger partial charge on any atom is 0.271 e. The van der Waals surface area contributed by atoms with Gasteiger partial charge in [-0.25, -0.2) is 0 Å². The lowest BCUT2D eigenvalue weighted by molar-refractivity contribution is 0.0746. The zero-order chi connectivity index (χ0) is 22.0. The lowest BCUT2D eigenvalue weighted by Gasteiger charge is -2.35. The lowest BCUT2D eigenvalue weighted by Crippen LogP contribution is -2.49. The van der Waals surface area contributed by atoms with Crippen LogP contribution in [0.3, 0.4) is 0 Å². The van der Waals surface area contributed by atoms with Gasteiger partial charge in [0.25, 0.3) is 11.5 Å². The average Bonchev–Trinajstić information content (AvgIpc) is 2.80. The summed E-state index contributed by atoms with van der Waals surface area (Å²) in [6.45, 7) is 2.48. The molecule has 31 heavy (non-hydrogen) atoms. The summed E-state index contributed by atoms with van der Waals surface area (Å²) >= 11 is 5.95. The highest BCUT2D eigenvalue weighted by Gasteiger charge is 2.23. The third-order valence-corrected chi connectivity index (χ3v) is 5.63. The molecule has 4 rings (SSSR count). The van der Waals surface area contributed by atoms with Crippen molar-refractivity contribution in [3.05, 3.63) is 81.6 Å². The number of hydrogen-bond donors (Lipinski definition) is 0. The first-order valence-electron chi connectivity index (χ1n) is 10.1. The van der Waals surface area contributed by atoms with E-state index in [1.807, 2.05) is 48.2 Å². The first-order valence-corrected chi connectivity index (χ1v) is 10.5. The predicted molar refractivity (Wildman–Crippen MR) is 124 cm³/mol. The fourth-order valence-electron chi connectivity index (χ4n) is 3.56. The highest BCUT2D eigenvalue weighted by Crippen LogP contribution is 2.18. The molecule has 1 aromatic heterocycles. The van der Waals surface area contributed by atoms with E-state index in [1.165, 1.54) is 10.7 Å². The fraction of sp³-hybridized carbons (Fsp3) is 0.261. The number of hydrogen-bond acceptors (Lipinski definition) is 5. The number of halogens is 1. The summed E-state index contributed by atoms with van der Waals surface area (Å²) < 4.78 is 1.37. The topological polar surface area (TPSA) is 61.7 Å². The summed E-state index contributed by atoms with van der Waals surface area (Å²) in [4.78, 5) is 31.1. The van der Waals surface area contributed by atoms with Gasteiger partial charge in [0.1, 0.15) is 5.82 Å². The van der Waals surface area contributed by atoms with Crippen LogP contribution in [-0.4, -0.2) is 60.9 Å². The fourth-order valence-corrected chi connectivity index (χ4v) is 3.69. The van der Waals surface area contributed by atoms with Gasteiger partial charge in [0.2, 0.25) is 0 Å². The normalized spacial score (nSPS) is 13.9. The first-order chi connectivity index (χ1) is 14.9. The van der Waals surface area contributed by atoms with E-state index in [2.05, 4.69) is 10.00 Å². The summed E-state index contributed by atoms with van der Waals surface area (Å²) in [7, 11) is 3.94. The van der Waals surface area contributed by atoms with Gasteiger partial charge in [-0.2, -0.15) is 4.68 Å². The van der Waals surface area contributed by atoms with E-state index in [9.17, 15) is 9.59 Å². The lowest BCUT2D eigenvalue weighted by atomic mass is 10.1. The van der Waals surface area contributed by atoms with E-state index in [1.54, 1.807) is 30.3 Å². The Labute approximate surface area is 186 Å². The SMILES string of the molecule is CN(C)c1ccc(C(=O)N2CCN(c3ccc(=O)n(-c4ccc(Cl)cc4)n3)CC2)cc1. The minimum Gasteiger partial charge on any atom is -0.378 e. The van der Waals surface area contributed by atoms with E-state index in [4.69, 9.17) is 11.6 Å². The molecular formula is C23H24ClN5O2. The van der Waals surface area contributed by atoms with Crippen LogP contribution in [0.4, 0.5) is 11.5 Å². The molecule has 2 heterocycles. The molecule has 2 aromatic carbocycles. The van der Waals surface area contributed by atoms with Gasteiger partial charge in [0.15, 0.2) is 0 Å². The molecule has 8 heteroatoms. The summed E-state index contributed by atoms with van der Waals surface area (Å²) in [5.41, 5.74) is 2.20. The number of carbonyl (C=O) groups is 1. The van der Waals surface area contributed by atoms with Gasteiger partial charge in [-0.3, -0.25) is 9.59 Å². The molecule has 0 radical (unpaired) electrons. The molecule has 1 aliphatic heterocycles. The molecule has 1 fully saturated rings. The van der Waals surface area contributed by atoms with E-state index in [0.717, 1.165) is 5.69 Å². The van der Waals surface area contributed by atoms with Crippen LogP contribution in [0.1, 0.15) is 10.4 Å². The van der Waals surface area contributed by atoms with E-state index < -0.39 is 0 Å². The Morgan fingerprint density at radius 2 is 1.55 bits per heavy atom. The molecule has 1 amide bonds. The maximum atomic E-state index is 12.9. The van der Waals surface area contributed by atoms with Crippen molar-refractivity contribution in [1.29, 1.82) is 0 Å². The molecule has 0 atom stereocenters. The quantitative estimate of drug-likeness (QED) is 0.628. The van der Waals surface area contributed by atoms with Crippen LogP contribution in [0.15, 0.2) is 65.5 Å². The van der Waals surface area contributed by atoms with Crippen molar-refractivity contribution in [2.75, 3.05) is 50.1 Å². The Balaban J connectivity index is 1.45. The molecule has 7 nitrogen and oxygen atoms in total. The Kier molecular flexibility index (Phi) is 5.95. The molecule has 160 valence electrons. The molecule has 0 saturated carbocycles. The largest absolute Gasteiger partial charge is 0.378 e. The van der Waals surface area contributed by atoms with Crippen LogP contribution in [0.5, 0.6) is 0 Å². The number of amides is 1. The van der Waals surface area contributed by atoms with Crippen molar-refractivity contribution in [2.24, 2.45) is 0 Å². The smallest absolute Gasteiger partial charge is 0.271 e. The maximum absolute atomic E-state index is 12.9. The summed E-state index contributed by atoms with van der Waals surface area (Å²) in [6, 6.07) is 17.9. The van der Waals surface area contributed by atoms with Crippen molar-refractivity contribution in [3.63, 3.8) is 0 Å². The number of anilines is 2. The second-order valence-corrected chi connectivity index (χ2v) is 8.07. The predicted octanol–water partition coefficient (Wildman–Crippen LogP) is 2.91. The Morgan fingerprint density at radius 1 is 0.903 bits per heavy atom. The van der Waals surface area contributed by atoms with Gasteiger partial charge in [-0.1, -0.05) is 11.6 Å². The summed E-state index contributed by atoms with van der Waals surface area (Å²) in [5.74, 6) is 0.737. The van der Waals surface area contributed by atoms with Crippen molar-refractivity contribution in [1.82, 2.24) is 14.7 Å². The average molecular weight is 438 g/mol. The van der Waals surface area contributed by atoms with E-state index >= 15 is 0 Å². The van der Waals surface area contributed by atoms with Crippen LogP contribution < -0.4 is 15.4 Å². The Bertz CT molecular complexity index is 1120. The minimum atomic E-state index is -0.207. The zero-order valence-corrected chi connectivity index (χ0v) is 18.3. The number of benzene rings is 2. The third kappa shape index (κ3) is 4.56. The highest BCUT2D eigenvalue weighted by molar-refractivity contribution is 6.30. The van der Waals surface area contributed by atoms with Crippen molar-refractivity contribution >= 4 is 29.0 Å². The van der Waals surface area contributed by atoms with Gasteiger partial charge < -0.3 is 14.7 Å². The van der Waals surface area contributed by atoms with Gasteiger partial charge in [0.05, 0.1) is 5.69 Å². The molecule has 0 aliphatic carbocycles. The summed E-state index contributed by atoms with van der Waals surface area (Å²) in [6.07, 6.45) is 0. The van der Waals surface area contributed by atoms with E-state index in [0.29, 0.717) is 48.3 Å². The second kappa shape index (κ2) is 8.81. The third-order valence-electron chi connectivity index (χ3n) is 5.38. The molecular weight excluding hydrogens is 414 g/mol. The van der Waals surface area contributed by atoms with Gasteiger partial charge >= 0.3 is 0 Å². The van der Waals surface area contributed by atoms with Crippen LogP contribution in [0, 0.1) is 0 Å². The monoisotopic (exact) mass is 437 g/mol. The summed E-state index contributed by atoms with van der Waals surface area (Å²) in [5, 5.41) is 5.13. The molecule has 0 bridgehead atoms. The van der Waals surface area contributed by atoms with E-state index in [-0.39, 0.29) is 11.5 Å². The molecule has 1 aliphatic rings.